The summed E-state index contributed by atoms with van der Waals surface area (Å²) in [5.74, 6) is 1.03. The molecule has 1 amide bonds. The van der Waals surface area contributed by atoms with Gasteiger partial charge in [0.1, 0.15) is 0 Å². The van der Waals surface area contributed by atoms with Crippen LogP contribution in [0.2, 0.25) is 10.0 Å². The summed E-state index contributed by atoms with van der Waals surface area (Å²) in [7, 11) is -0.740. The van der Waals surface area contributed by atoms with Crippen molar-refractivity contribution in [2.24, 2.45) is 0 Å². The molecule has 1 fully saturated rings. The summed E-state index contributed by atoms with van der Waals surface area (Å²) in [6, 6.07) is 3.06. The molecule has 1 heterocycles. The van der Waals surface area contributed by atoms with E-state index < -0.39 is 10.8 Å². The molecule has 0 aromatic heterocycles. The average Bonchev–Trinajstić information content (AvgIpc) is 2.38. The lowest BCUT2D eigenvalue weighted by molar-refractivity contribution is 0.0934. The highest BCUT2D eigenvalue weighted by molar-refractivity contribution is 7.85. The fourth-order valence-corrected chi connectivity index (χ4v) is 3.58. The van der Waals surface area contributed by atoms with Crippen molar-refractivity contribution >= 4 is 45.6 Å². The van der Waals surface area contributed by atoms with Crippen LogP contribution >= 0.6 is 23.2 Å². The van der Waals surface area contributed by atoms with Gasteiger partial charge in [0.15, 0.2) is 0 Å². The van der Waals surface area contributed by atoms with Crippen LogP contribution in [0.15, 0.2) is 12.1 Å². The number of hydrogen-bond donors (Lipinski definition) is 2. The topological polar surface area (TPSA) is 72.2 Å². The highest BCUT2D eigenvalue weighted by Crippen LogP contribution is 2.29. The molecule has 4 nitrogen and oxygen atoms in total. The fourth-order valence-electron chi connectivity index (χ4n) is 1.95. The Morgan fingerprint density at radius 3 is 2.53 bits per heavy atom. The molecule has 0 radical (unpaired) electrons. The number of nitrogens with two attached hydrogens (primary N) is 1. The molecule has 0 atom stereocenters. The van der Waals surface area contributed by atoms with Gasteiger partial charge in [0.05, 0.1) is 15.7 Å². The van der Waals surface area contributed by atoms with Crippen molar-refractivity contribution in [2.45, 2.75) is 18.9 Å². The number of nitrogen functional groups attached to an aromatic ring is 1. The number of benzene rings is 1. The van der Waals surface area contributed by atoms with E-state index in [2.05, 4.69) is 5.32 Å². The van der Waals surface area contributed by atoms with Crippen molar-refractivity contribution in [1.29, 1.82) is 0 Å². The van der Waals surface area contributed by atoms with Gasteiger partial charge in [-0.15, -0.1) is 0 Å². The zero-order valence-electron chi connectivity index (χ0n) is 10.1. The Hall–Kier alpha value is -0.780. The van der Waals surface area contributed by atoms with Crippen LogP contribution in [-0.2, 0) is 10.8 Å². The summed E-state index contributed by atoms with van der Waals surface area (Å²) in [5.41, 5.74) is 6.34. The standard InChI is InChI=1S/C12H14Cl2N2O2S/c13-9-5-7(6-10(15)11(9)14)12(17)16-8-1-3-19(18)4-2-8/h5-6,8H,1-4,15H2,(H,16,17). The second-order valence-electron chi connectivity index (χ2n) is 4.46. The van der Waals surface area contributed by atoms with E-state index in [9.17, 15) is 9.00 Å². The molecule has 7 heteroatoms. The summed E-state index contributed by atoms with van der Waals surface area (Å²) in [5, 5.41) is 3.42. The number of anilines is 1. The van der Waals surface area contributed by atoms with E-state index in [1.165, 1.54) is 12.1 Å². The Kier molecular flexibility index (Phi) is 4.71. The minimum absolute atomic E-state index is 0.0564. The molecular weight excluding hydrogens is 307 g/mol. The lowest BCUT2D eigenvalue weighted by Crippen LogP contribution is -2.39. The highest BCUT2D eigenvalue weighted by atomic mass is 35.5. The normalized spacial score (nSPS) is 23.1. The third-order valence-electron chi connectivity index (χ3n) is 3.04. The predicted octanol–water partition coefficient (Wildman–Crippen LogP) is 2.22. The Morgan fingerprint density at radius 1 is 1.32 bits per heavy atom. The first kappa shape index (κ1) is 14.6. The quantitative estimate of drug-likeness (QED) is 0.821. The second kappa shape index (κ2) is 6.11. The molecule has 0 aliphatic carbocycles. The molecule has 1 aliphatic rings. The zero-order chi connectivity index (χ0) is 14.0. The molecule has 1 saturated heterocycles. The van der Waals surface area contributed by atoms with Crippen molar-refractivity contribution in [3.05, 3.63) is 27.7 Å². The highest BCUT2D eigenvalue weighted by Gasteiger charge is 2.20. The number of carbonyl (C=O) groups excluding carboxylic acids is 1. The number of halogens is 2. The lowest BCUT2D eigenvalue weighted by Gasteiger charge is -2.22. The van der Waals surface area contributed by atoms with E-state index in [1.807, 2.05) is 0 Å². The maximum atomic E-state index is 12.1. The van der Waals surface area contributed by atoms with Gasteiger partial charge in [0, 0.05) is 33.9 Å². The number of amides is 1. The van der Waals surface area contributed by atoms with Crippen molar-refractivity contribution in [1.82, 2.24) is 5.32 Å². The van der Waals surface area contributed by atoms with Gasteiger partial charge in [-0.25, -0.2) is 0 Å². The third-order valence-corrected chi connectivity index (χ3v) is 5.24. The first-order chi connectivity index (χ1) is 8.97. The van der Waals surface area contributed by atoms with Gasteiger partial charge in [0.2, 0.25) is 0 Å². The van der Waals surface area contributed by atoms with Crippen LogP contribution in [0.25, 0.3) is 0 Å². The molecule has 0 saturated carbocycles. The molecule has 0 unspecified atom stereocenters. The lowest BCUT2D eigenvalue weighted by atomic mass is 10.1. The molecule has 1 aromatic rings. The van der Waals surface area contributed by atoms with Gasteiger partial charge in [-0.05, 0) is 25.0 Å². The summed E-state index contributed by atoms with van der Waals surface area (Å²) in [6.07, 6.45) is 1.46. The first-order valence-corrected chi connectivity index (χ1v) is 8.12. The van der Waals surface area contributed by atoms with Crippen molar-refractivity contribution < 1.29 is 9.00 Å². The van der Waals surface area contributed by atoms with E-state index in [1.54, 1.807) is 0 Å². The molecular formula is C12H14Cl2N2O2S. The van der Waals surface area contributed by atoms with E-state index in [0.717, 1.165) is 12.8 Å². The molecule has 19 heavy (non-hydrogen) atoms. The van der Waals surface area contributed by atoms with Gasteiger partial charge in [-0.3, -0.25) is 9.00 Å². The van der Waals surface area contributed by atoms with Crippen LogP contribution in [-0.4, -0.2) is 27.7 Å². The number of hydrogen-bond acceptors (Lipinski definition) is 3. The van der Waals surface area contributed by atoms with E-state index in [4.69, 9.17) is 28.9 Å². The van der Waals surface area contributed by atoms with Gasteiger partial charge in [-0.1, -0.05) is 23.2 Å². The Morgan fingerprint density at radius 2 is 1.95 bits per heavy atom. The maximum absolute atomic E-state index is 12.1. The SMILES string of the molecule is Nc1cc(C(=O)NC2CCS(=O)CC2)cc(Cl)c1Cl. The second-order valence-corrected chi connectivity index (χ2v) is 6.94. The van der Waals surface area contributed by atoms with Crippen molar-refractivity contribution in [3.8, 4) is 0 Å². The monoisotopic (exact) mass is 320 g/mol. The summed E-state index contributed by atoms with van der Waals surface area (Å²) < 4.78 is 11.2. The maximum Gasteiger partial charge on any atom is 0.251 e. The van der Waals surface area contributed by atoms with Crippen LogP contribution < -0.4 is 11.1 Å². The Bertz CT molecular complexity index is 503. The number of carbonyl (C=O) groups is 1. The minimum Gasteiger partial charge on any atom is -0.397 e. The Labute approximate surface area is 124 Å². The molecule has 2 rings (SSSR count). The van der Waals surface area contributed by atoms with Gasteiger partial charge in [-0.2, -0.15) is 0 Å². The summed E-state index contributed by atoms with van der Waals surface area (Å²) in [6.45, 7) is 0. The van der Waals surface area contributed by atoms with Crippen molar-refractivity contribution in [2.75, 3.05) is 17.2 Å². The van der Waals surface area contributed by atoms with Gasteiger partial charge in [0.25, 0.3) is 5.91 Å². The van der Waals surface area contributed by atoms with Crippen molar-refractivity contribution in [3.63, 3.8) is 0 Å². The predicted molar refractivity (Wildman–Crippen MR) is 79.2 cm³/mol. The van der Waals surface area contributed by atoms with Crippen LogP contribution in [0.1, 0.15) is 23.2 Å². The molecule has 0 spiro atoms. The average molecular weight is 321 g/mol. The molecule has 1 aromatic carbocycles. The molecule has 1 aliphatic heterocycles. The van der Waals surface area contributed by atoms with Crippen LogP contribution in [0, 0.1) is 0 Å². The summed E-state index contributed by atoms with van der Waals surface area (Å²) in [4.78, 5) is 12.1. The van der Waals surface area contributed by atoms with Crippen LogP contribution in [0.5, 0.6) is 0 Å². The molecule has 3 N–H and O–H groups in total. The zero-order valence-corrected chi connectivity index (χ0v) is 12.4. The van der Waals surface area contributed by atoms with Crippen LogP contribution in [0.3, 0.4) is 0 Å². The van der Waals surface area contributed by atoms with Crippen LogP contribution in [0.4, 0.5) is 5.69 Å². The van der Waals surface area contributed by atoms with E-state index >= 15 is 0 Å². The van der Waals surface area contributed by atoms with Gasteiger partial charge >= 0.3 is 0 Å². The smallest absolute Gasteiger partial charge is 0.251 e. The fraction of sp³-hybridized carbons (Fsp3) is 0.417. The minimum atomic E-state index is -0.740. The van der Waals surface area contributed by atoms with Gasteiger partial charge < -0.3 is 11.1 Å². The first-order valence-electron chi connectivity index (χ1n) is 5.87. The Balaban J connectivity index is 2.06. The number of rotatable bonds is 2. The molecule has 104 valence electrons. The van der Waals surface area contributed by atoms with E-state index in [-0.39, 0.29) is 27.7 Å². The van der Waals surface area contributed by atoms with E-state index in [0.29, 0.717) is 17.1 Å². The molecule has 0 bridgehead atoms. The number of nitrogens with one attached hydrogen (secondary N) is 1. The summed E-state index contributed by atoms with van der Waals surface area (Å²) >= 11 is 11.7. The largest absolute Gasteiger partial charge is 0.397 e. The third kappa shape index (κ3) is 3.61.